The van der Waals surface area contributed by atoms with Gasteiger partial charge in [0, 0.05) is 6.54 Å². The average Bonchev–Trinajstić information content (AvgIpc) is 2.93. The molecular formula is C15H13BrFNO3S. The molecule has 0 aliphatic carbocycles. The van der Waals surface area contributed by atoms with Gasteiger partial charge in [0.2, 0.25) is 0 Å². The van der Waals surface area contributed by atoms with Crippen LogP contribution >= 0.6 is 27.3 Å². The van der Waals surface area contributed by atoms with Crippen LogP contribution in [0.4, 0.5) is 4.39 Å². The molecule has 0 spiro atoms. The molecular weight excluding hydrogens is 373 g/mol. The van der Waals surface area contributed by atoms with Crippen molar-refractivity contribution >= 4 is 39.1 Å². The highest BCUT2D eigenvalue weighted by Crippen LogP contribution is 2.22. The van der Waals surface area contributed by atoms with Crippen molar-refractivity contribution < 1.29 is 18.7 Å². The number of esters is 1. The van der Waals surface area contributed by atoms with Gasteiger partial charge in [0.25, 0.3) is 5.91 Å². The summed E-state index contributed by atoms with van der Waals surface area (Å²) in [6.45, 7) is 0.0737. The Hall–Kier alpha value is -1.73. The standard InChI is InChI=1S/C15H13BrFNO3S/c16-13-6-5-12(22-13)15(20)21-9-14(19)18-8-7-10-1-3-11(17)4-2-10/h1-6H,7-9H2,(H,18,19). The second-order valence-electron chi connectivity index (χ2n) is 4.41. The fourth-order valence-corrected chi connectivity index (χ4v) is 2.95. The van der Waals surface area contributed by atoms with Gasteiger partial charge in [-0.05, 0) is 52.2 Å². The Morgan fingerprint density at radius 1 is 1.18 bits per heavy atom. The Bertz CT molecular complexity index is 657. The summed E-state index contributed by atoms with van der Waals surface area (Å²) >= 11 is 4.49. The molecule has 0 saturated heterocycles. The van der Waals surface area contributed by atoms with Crippen LogP contribution in [0.3, 0.4) is 0 Å². The maximum absolute atomic E-state index is 12.7. The lowest BCUT2D eigenvalue weighted by Crippen LogP contribution is -2.30. The fraction of sp³-hybridized carbons (Fsp3) is 0.200. The van der Waals surface area contributed by atoms with E-state index in [1.165, 1.54) is 23.5 Å². The van der Waals surface area contributed by atoms with Gasteiger partial charge in [-0.25, -0.2) is 9.18 Å². The molecule has 0 unspecified atom stereocenters. The zero-order valence-electron chi connectivity index (χ0n) is 11.5. The zero-order chi connectivity index (χ0) is 15.9. The van der Waals surface area contributed by atoms with Crippen LogP contribution in [0.2, 0.25) is 0 Å². The molecule has 1 aromatic carbocycles. The number of hydrogen-bond acceptors (Lipinski definition) is 4. The van der Waals surface area contributed by atoms with E-state index in [1.807, 2.05) is 0 Å². The van der Waals surface area contributed by atoms with Crippen LogP contribution in [0.1, 0.15) is 15.2 Å². The van der Waals surface area contributed by atoms with Gasteiger partial charge in [0.1, 0.15) is 10.7 Å². The van der Waals surface area contributed by atoms with E-state index >= 15 is 0 Å². The van der Waals surface area contributed by atoms with Gasteiger partial charge in [-0.15, -0.1) is 11.3 Å². The van der Waals surface area contributed by atoms with Crippen LogP contribution in [0.5, 0.6) is 0 Å². The SMILES string of the molecule is O=C(COC(=O)c1ccc(Br)s1)NCCc1ccc(F)cc1. The van der Waals surface area contributed by atoms with Crippen molar-refractivity contribution in [2.75, 3.05) is 13.2 Å². The Kier molecular flexibility index (Phi) is 6.09. The van der Waals surface area contributed by atoms with E-state index in [0.717, 1.165) is 9.35 Å². The smallest absolute Gasteiger partial charge is 0.348 e. The van der Waals surface area contributed by atoms with Crippen LogP contribution in [0.25, 0.3) is 0 Å². The molecule has 0 bridgehead atoms. The van der Waals surface area contributed by atoms with Gasteiger partial charge in [-0.2, -0.15) is 0 Å². The normalized spacial score (nSPS) is 10.3. The third-order valence-corrected chi connectivity index (χ3v) is 4.36. The average molecular weight is 386 g/mol. The van der Waals surface area contributed by atoms with Crippen molar-refractivity contribution in [1.29, 1.82) is 0 Å². The predicted molar refractivity (Wildman–Crippen MR) is 85.4 cm³/mol. The van der Waals surface area contributed by atoms with Gasteiger partial charge < -0.3 is 10.1 Å². The van der Waals surface area contributed by atoms with Crippen molar-refractivity contribution in [3.8, 4) is 0 Å². The lowest BCUT2D eigenvalue weighted by Gasteiger charge is -2.06. The second-order valence-corrected chi connectivity index (χ2v) is 6.87. The summed E-state index contributed by atoms with van der Waals surface area (Å²) in [5, 5.41) is 2.64. The van der Waals surface area contributed by atoms with Crippen molar-refractivity contribution in [2.24, 2.45) is 0 Å². The van der Waals surface area contributed by atoms with Crippen LogP contribution in [-0.2, 0) is 16.0 Å². The number of ether oxygens (including phenoxy) is 1. The van der Waals surface area contributed by atoms with Crippen LogP contribution in [-0.4, -0.2) is 25.0 Å². The molecule has 1 N–H and O–H groups in total. The number of thiophene rings is 1. The summed E-state index contributed by atoms with van der Waals surface area (Å²) in [5.41, 5.74) is 0.919. The van der Waals surface area contributed by atoms with Crippen LogP contribution in [0.15, 0.2) is 40.2 Å². The summed E-state index contributed by atoms with van der Waals surface area (Å²) in [5.74, 6) is -1.18. The van der Waals surface area contributed by atoms with Crippen molar-refractivity contribution in [3.05, 3.63) is 56.4 Å². The number of halogens is 2. The number of carbonyl (C=O) groups excluding carboxylic acids is 2. The Labute approximate surface area is 139 Å². The monoisotopic (exact) mass is 385 g/mol. The lowest BCUT2D eigenvalue weighted by atomic mass is 10.1. The van der Waals surface area contributed by atoms with Gasteiger partial charge in [-0.3, -0.25) is 4.79 Å². The highest BCUT2D eigenvalue weighted by atomic mass is 79.9. The minimum atomic E-state index is -0.524. The van der Waals surface area contributed by atoms with Gasteiger partial charge in [0.05, 0.1) is 3.79 Å². The van der Waals surface area contributed by atoms with Crippen LogP contribution in [0, 0.1) is 5.82 Å². The Morgan fingerprint density at radius 3 is 2.55 bits per heavy atom. The van der Waals surface area contributed by atoms with Crippen molar-refractivity contribution in [2.45, 2.75) is 6.42 Å². The Morgan fingerprint density at radius 2 is 1.91 bits per heavy atom. The van der Waals surface area contributed by atoms with Crippen LogP contribution < -0.4 is 5.32 Å². The first-order chi connectivity index (χ1) is 10.5. The van der Waals surface area contributed by atoms with E-state index in [-0.39, 0.29) is 18.3 Å². The first-order valence-electron chi connectivity index (χ1n) is 6.48. The van der Waals surface area contributed by atoms with E-state index in [9.17, 15) is 14.0 Å². The molecule has 0 atom stereocenters. The topological polar surface area (TPSA) is 55.4 Å². The summed E-state index contributed by atoms with van der Waals surface area (Å²) in [6.07, 6.45) is 0.581. The van der Waals surface area contributed by atoms with E-state index < -0.39 is 5.97 Å². The zero-order valence-corrected chi connectivity index (χ0v) is 13.9. The highest BCUT2D eigenvalue weighted by Gasteiger charge is 2.12. The van der Waals surface area contributed by atoms with Gasteiger partial charge in [0.15, 0.2) is 6.61 Å². The first-order valence-corrected chi connectivity index (χ1v) is 8.09. The molecule has 0 aliphatic heterocycles. The molecule has 2 aromatic rings. The van der Waals surface area contributed by atoms with E-state index in [2.05, 4.69) is 21.2 Å². The third kappa shape index (κ3) is 5.23. The maximum atomic E-state index is 12.7. The van der Waals surface area contributed by atoms with Crippen molar-refractivity contribution in [1.82, 2.24) is 5.32 Å². The predicted octanol–water partition coefficient (Wildman–Crippen LogP) is 3.17. The van der Waals surface area contributed by atoms with Crippen molar-refractivity contribution in [3.63, 3.8) is 0 Å². The molecule has 1 aromatic heterocycles. The number of rotatable bonds is 6. The molecule has 22 heavy (non-hydrogen) atoms. The lowest BCUT2D eigenvalue weighted by molar-refractivity contribution is -0.124. The summed E-state index contributed by atoms with van der Waals surface area (Å²) in [4.78, 5) is 23.7. The molecule has 116 valence electrons. The van der Waals surface area contributed by atoms with Gasteiger partial charge >= 0.3 is 5.97 Å². The Balaban J connectivity index is 1.67. The van der Waals surface area contributed by atoms with Gasteiger partial charge in [-0.1, -0.05) is 12.1 Å². The van der Waals surface area contributed by atoms with E-state index in [4.69, 9.17) is 4.74 Å². The molecule has 2 rings (SSSR count). The molecule has 0 saturated carbocycles. The third-order valence-electron chi connectivity index (χ3n) is 2.76. The molecule has 1 heterocycles. The molecule has 7 heteroatoms. The fourth-order valence-electron chi connectivity index (χ4n) is 1.67. The molecule has 0 fully saturated rings. The van der Waals surface area contributed by atoms with E-state index in [1.54, 1.807) is 24.3 Å². The molecule has 0 aliphatic rings. The number of nitrogens with one attached hydrogen (secondary N) is 1. The summed E-state index contributed by atoms with van der Waals surface area (Å²) < 4.78 is 18.5. The number of hydrogen-bond donors (Lipinski definition) is 1. The second kappa shape index (κ2) is 8.05. The molecule has 4 nitrogen and oxygen atoms in total. The molecule has 1 amide bonds. The summed E-state index contributed by atoms with van der Waals surface area (Å²) in [7, 11) is 0. The highest BCUT2D eigenvalue weighted by molar-refractivity contribution is 9.11. The molecule has 0 radical (unpaired) electrons. The minimum absolute atomic E-state index is 0.292. The summed E-state index contributed by atoms with van der Waals surface area (Å²) in [6, 6.07) is 9.44. The maximum Gasteiger partial charge on any atom is 0.348 e. The number of carbonyl (C=O) groups is 2. The minimum Gasteiger partial charge on any atom is -0.451 e. The number of benzene rings is 1. The van der Waals surface area contributed by atoms with E-state index in [0.29, 0.717) is 17.8 Å². The quantitative estimate of drug-likeness (QED) is 0.776. The first kappa shape index (κ1) is 16.6. The number of amides is 1. The largest absolute Gasteiger partial charge is 0.451 e.